The van der Waals surface area contributed by atoms with Gasteiger partial charge in [-0.25, -0.2) is 0 Å². The standard InChI is InChI=1S/C20H21N3O4S/c1-11-6-7-16-12(8-11)9-17(28-16)20(26)23-22-18(24)10-15-19(25)21-13-4-2-3-5-14(13)27-15/h2-5,9,11,15H,6-8,10H2,1H3,(H,21,25)(H,22,24)(H,23,26)/t11-,15+/m0/s1. The second-order valence-corrected chi connectivity index (χ2v) is 8.34. The smallest absolute Gasteiger partial charge is 0.279 e. The van der Waals surface area contributed by atoms with E-state index in [2.05, 4.69) is 23.1 Å². The summed E-state index contributed by atoms with van der Waals surface area (Å²) in [5.74, 6) is -0.0883. The van der Waals surface area contributed by atoms with Crippen molar-refractivity contribution >= 4 is 34.7 Å². The number of nitrogens with one attached hydrogen (secondary N) is 3. The van der Waals surface area contributed by atoms with E-state index in [1.54, 1.807) is 24.3 Å². The van der Waals surface area contributed by atoms with Gasteiger partial charge in [-0.15, -0.1) is 11.3 Å². The van der Waals surface area contributed by atoms with Crippen molar-refractivity contribution in [1.82, 2.24) is 10.9 Å². The Morgan fingerprint density at radius 3 is 2.96 bits per heavy atom. The maximum absolute atomic E-state index is 12.3. The monoisotopic (exact) mass is 399 g/mol. The highest BCUT2D eigenvalue weighted by atomic mass is 32.1. The van der Waals surface area contributed by atoms with Gasteiger partial charge in [0.05, 0.1) is 17.0 Å². The summed E-state index contributed by atoms with van der Waals surface area (Å²) in [5.41, 5.74) is 6.60. The molecule has 0 fully saturated rings. The van der Waals surface area contributed by atoms with Crippen molar-refractivity contribution in [3.8, 4) is 5.75 Å². The molecule has 4 rings (SSSR count). The summed E-state index contributed by atoms with van der Waals surface area (Å²) >= 11 is 1.47. The summed E-state index contributed by atoms with van der Waals surface area (Å²) in [6.45, 7) is 2.21. The Kier molecular flexibility index (Phi) is 5.04. The Balaban J connectivity index is 1.31. The third kappa shape index (κ3) is 3.87. The summed E-state index contributed by atoms with van der Waals surface area (Å²) in [5, 5.41) is 2.71. The SMILES string of the molecule is C[C@H]1CCc2sc(C(=O)NNC(=O)C[C@H]3Oc4ccccc4NC3=O)cc2C1. The Morgan fingerprint density at radius 2 is 2.11 bits per heavy atom. The van der Waals surface area contributed by atoms with Crippen LogP contribution in [0.2, 0.25) is 0 Å². The summed E-state index contributed by atoms with van der Waals surface area (Å²) in [4.78, 5) is 38.4. The lowest BCUT2D eigenvalue weighted by atomic mass is 9.90. The van der Waals surface area contributed by atoms with Crippen molar-refractivity contribution in [2.45, 2.75) is 38.7 Å². The third-order valence-electron chi connectivity index (χ3n) is 4.95. The van der Waals surface area contributed by atoms with E-state index in [0.29, 0.717) is 22.2 Å². The molecule has 0 spiro atoms. The van der Waals surface area contributed by atoms with E-state index in [1.807, 2.05) is 6.07 Å². The summed E-state index contributed by atoms with van der Waals surface area (Å²) < 4.78 is 5.59. The highest BCUT2D eigenvalue weighted by Gasteiger charge is 2.29. The number of anilines is 1. The highest BCUT2D eigenvalue weighted by molar-refractivity contribution is 7.14. The zero-order valence-corrected chi connectivity index (χ0v) is 16.2. The molecule has 28 heavy (non-hydrogen) atoms. The normalized spacial score (nSPS) is 20.2. The fourth-order valence-corrected chi connectivity index (χ4v) is 4.56. The van der Waals surface area contributed by atoms with Crippen LogP contribution in [0.25, 0.3) is 0 Å². The predicted molar refractivity (Wildman–Crippen MR) is 105 cm³/mol. The molecule has 0 radical (unpaired) electrons. The van der Waals surface area contributed by atoms with E-state index in [1.165, 1.54) is 21.8 Å². The maximum Gasteiger partial charge on any atom is 0.279 e. The van der Waals surface area contributed by atoms with Crippen LogP contribution in [0.15, 0.2) is 30.3 Å². The minimum Gasteiger partial charge on any atom is -0.478 e. The number of amides is 3. The van der Waals surface area contributed by atoms with Gasteiger partial charge in [0.1, 0.15) is 5.75 Å². The van der Waals surface area contributed by atoms with Crippen molar-refractivity contribution in [2.75, 3.05) is 5.32 Å². The average molecular weight is 399 g/mol. The fraction of sp³-hybridized carbons (Fsp3) is 0.350. The van der Waals surface area contributed by atoms with Crippen LogP contribution in [-0.2, 0) is 22.4 Å². The van der Waals surface area contributed by atoms with Gasteiger partial charge in [0.15, 0.2) is 6.10 Å². The molecular formula is C20H21N3O4S. The largest absolute Gasteiger partial charge is 0.478 e. The van der Waals surface area contributed by atoms with Gasteiger partial charge in [-0.1, -0.05) is 19.1 Å². The van der Waals surface area contributed by atoms with Crippen molar-refractivity contribution < 1.29 is 19.1 Å². The van der Waals surface area contributed by atoms with Crippen molar-refractivity contribution in [1.29, 1.82) is 0 Å². The first kappa shape index (κ1) is 18.5. The molecule has 2 aromatic rings. The number of rotatable bonds is 3. The van der Waals surface area contributed by atoms with Gasteiger partial charge in [-0.3, -0.25) is 25.2 Å². The molecule has 1 aliphatic heterocycles. The number of ether oxygens (including phenoxy) is 1. The summed E-state index contributed by atoms with van der Waals surface area (Å²) in [6, 6.07) is 8.93. The number of aryl methyl sites for hydroxylation is 1. The summed E-state index contributed by atoms with van der Waals surface area (Å²) in [7, 11) is 0. The minimum atomic E-state index is -0.942. The van der Waals surface area contributed by atoms with E-state index >= 15 is 0 Å². The molecule has 2 atom stereocenters. The highest BCUT2D eigenvalue weighted by Crippen LogP contribution is 2.32. The molecule has 0 saturated heterocycles. The summed E-state index contributed by atoms with van der Waals surface area (Å²) in [6.07, 6.45) is 1.98. The van der Waals surface area contributed by atoms with Crippen LogP contribution in [0.3, 0.4) is 0 Å². The van der Waals surface area contributed by atoms with Crippen LogP contribution in [0.1, 0.15) is 39.9 Å². The van der Waals surface area contributed by atoms with Gasteiger partial charge >= 0.3 is 0 Å². The number of carbonyl (C=O) groups is 3. The van der Waals surface area contributed by atoms with Crippen LogP contribution >= 0.6 is 11.3 Å². The van der Waals surface area contributed by atoms with Gasteiger partial charge in [0.25, 0.3) is 11.8 Å². The molecule has 7 nitrogen and oxygen atoms in total. The average Bonchev–Trinajstić information content (AvgIpc) is 3.10. The zero-order valence-electron chi connectivity index (χ0n) is 15.4. The predicted octanol–water partition coefficient (Wildman–Crippen LogP) is 2.42. The molecule has 8 heteroatoms. The number of benzene rings is 1. The fourth-order valence-electron chi connectivity index (χ4n) is 3.45. The van der Waals surface area contributed by atoms with Gasteiger partial charge in [0.2, 0.25) is 5.91 Å². The second-order valence-electron chi connectivity index (χ2n) is 7.21. The molecule has 0 saturated carbocycles. The molecule has 1 aliphatic carbocycles. The quantitative estimate of drug-likeness (QED) is 0.691. The van der Waals surface area contributed by atoms with E-state index in [0.717, 1.165) is 19.3 Å². The first-order chi connectivity index (χ1) is 13.5. The first-order valence-electron chi connectivity index (χ1n) is 9.27. The molecule has 2 heterocycles. The van der Waals surface area contributed by atoms with Crippen molar-refractivity contribution in [2.24, 2.45) is 5.92 Å². The van der Waals surface area contributed by atoms with Crippen LogP contribution < -0.4 is 20.9 Å². The lowest BCUT2D eigenvalue weighted by molar-refractivity contribution is -0.130. The number of hydrogen-bond donors (Lipinski definition) is 3. The Hall–Kier alpha value is -2.87. The zero-order chi connectivity index (χ0) is 19.7. The maximum atomic E-state index is 12.3. The van der Waals surface area contributed by atoms with Crippen LogP contribution in [0, 0.1) is 5.92 Å². The molecule has 146 valence electrons. The number of carbonyl (C=O) groups excluding carboxylic acids is 3. The topological polar surface area (TPSA) is 96.5 Å². The molecule has 1 aromatic heterocycles. The van der Waals surface area contributed by atoms with Gasteiger partial charge in [-0.2, -0.15) is 0 Å². The van der Waals surface area contributed by atoms with E-state index in [9.17, 15) is 14.4 Å². The molecule has 0 unspecified atom stereocenters. The molecule has 1 aromatic carbocycles. The van der Waals surface area contributed by atoms with Crippen LogP contribution in [0.5, 0.6) is 5.75 Å². The minimum absolute atomic E-state index is 0.196. The van der Waals surface area contributed by atoms with Crippen LogP contribution in [-0.4, -0.2) is 23.8 Å². The van der Waals surface area contributed by atoms with E-state index < -0.39 is 12.0 Å². The Bertz CT molecular complexity index is 939. The van der Waals surface area contributed by atoms with Crippen molar-refractivity contribution in [3.63, 3.8) is 0 Å². The molecule has 3 N–H and O–H groups in total. The number of hydrogen-bond acceptors (Lipinski definition) is 5. The lowest BCUT2D eigenvalue weighted by Crippen LogP contribution is -2.46. The Labute approximate surface area is 166 Å². The number of hydrazine groups is 1. The third-order valence-corrected chi connectivity index (χ3v) is 6.18. The molecule has 3 amide bonds. The van der Waals surface area contributed by atoms with Crippen LogP contribution in [0.4, 0.5) is 5.69 Å². The van der Waals surface area contributed by atoms with Gasteiger partial charge in [0, 0.05) is 4.88 Å². The lowest BCUT2D eigenvalue weighted by Gasteiger charge is -2.25. The van der Waals surface area contributed by atoms with Gasteiger partial charge in [-0.05, 0) is 48.9 Å². The Morgan fingerprint density at radius 1 is 1.29 bits per heavy atom. The number of para-hydroxylation sites is 2. The molecular weight excluding hydrogens is 378 g/mol. The first-order valence-corrected chi connectivity index (χ1v) is 10.1. The second kappa shape index (κ2) is 7.63. The molecule has 0 bridgehead atoms. The number of thiophene rings is 1. The van der Waals surface area contributed by atoms with E-state index in [-0.39, 0.29) is 18.2 Å². The number of fused-ring (bicyclic) bond motifs is 2. The van der Waals surface area contributed by atoms with Crippen molar-refractivity contribution in [3.05, 3.63) is 45.6 Å². The van der Waals surface area contributed by atoms with E-state index in [4.69, 9.17) is 4.74 Å². The molecule has 2 aliphatic rings. The van der Waals surface area contributed by atoms with Gasteiger partial charge < -0.3 is 10.1 Å².